The van der Waals surface area contributed by atoms with E-state index in [1.54, 1.807) is 37.3 Å². The zero-order chi connectivity index (χ0) is 22.6. The van der Waals surface area contributed by atoms with E-state index in [2.05, 4.69) is 0 Å². The van der Waals surface area contributed by atoms with Crippen molar-refractivity contribution in [3.63, 3.8) is 0 Å². The predicted molar refractivity (Wildman–Crippen MR) is 110 cm³/mol. The van der Waals surface area contributed by atoms with Crippen LogP contribution in [0, 0.1) is 21.4 Å². The molecule has 0 N–H and O–H groups in total. The lowest BCUT2D eigenvalue weighted by Crippen LogP contribution is -2.40. The molecule has 1 heterocycles. The highest BCUT2D eigenvalue weighted by molar-refractivity contribution is 7.89. The molecule has 3 rings (SSSR count). The van der Waals surface area contributed by atoms with E-state index in [4.69, 9.17) is 10.00 Å². The van der Waals surface area contributed by atoms with Crippen molar-refractivity contribution in [3.8, 4) is 6.07 Å². The first-order valence-electron chi connectivity index (χ1n) is 9.40. The quantitative estimate of drug-likeness (QED) is 0.382. The molecule has 31 heavy (non-hydrogen) atoms. The molecule has 1 aliphatic heterocycles. The van der Waals surface area contributed by atoms with E-state index in [0.717, 1.165) is 12.1 Å². The Morgan fingerprint density at radius 2 is 1.87 bits per heavy atom. The number of nitro groups is 1. The number of esters is 1. The second-order valence-electron chi connectivity index (χ2n) is 6.74. The van der Waals surface area contributed by atoms with Crippen LogP contribution in [0.2, 0.25) is 0 Å². The van der Waals surface area contributed by atoms with E-state index in [1.165, 1.54) is 16.4 Å². The molecule has 0 radical (unpaired) electrons. The third-order valence-electron chi connectivity index (χ3n) is 4.88. The number of hydrogen-bond donors (Lipinski definition) is 0. The maximum atomic E-state index is 13.4. The fourth-order valence-corrected chi connectivity index (χ4v) is 4.90. The van der Waals surface area contributed by atoms with E-state index in [9.17, 15) is 23.3 Å². The van der Waals surface area contributed by atoms with Gasteiger partial charge in [0.2, 0.25) is 10.0 Å². The molecule has 0 bridgehead atoms. The molecule has 1 aliphatic rings. The molecule has 9 nitrogen and oxygen atoms in total. The first-order chi connectivity index (χ1) is 14.8. The van der Waals surface area contributed by atoms with Crippen molar-refractivity contribution in [2.75, 3.05) is 13.2 Å². The molecule has 10 heteroatoms. The van der Waals surface area contributed by atoms with Crippen molar-refractivity contribution in [2.24, 2.45) is 0 Å². The number of hydrogen-bond acceptors (Lipinski definition) is 7. The Kier molecular flexibility index (Phi) is 6.48. The molecule has 160 valence electrons. The van der Waals surface area contributed by atoms with Crippen LogP contribution in [0.15, 0.2) is 65.1 Å². The van der Waals surface area contributed by atoms with Crippen LogP contribution < -0.4 is 0 Å². The van der Waals surface area contributed by atoms with Gasteiger partial charge in [0.1, 0.15) is 0 Å². The second kappa shape index (κ2) is 9.07. The minimum absolute atomic E-state index is 0.123. The molecule has 0 saturated carbocycles. The number of ether oxygens (including phenoxy) is 1. The summed E-state index contributed by atoms with van der Waals surface area (Å²) in [5.74, 6) is -0.593. The number of nitro benzene ring substituents is 1. The van der Waals surface area contributed by atoms with Gasteiger partial charge in [0.05, 0.1) is 34.1 Å². The van der Waals surface area contributed by atoms with Crippen molar-refractivity contribution in [2.45, 2.75) is 24.3 Å². The molecule has 0 unspecified atom stereocenters. The third-order valence-corrected chi connectivity index (χ3v) is 6.75. The van der Waals surface area contributed by atoms with Gasteiger partial charge in [0.25, 0.3) is 5.69 Å². The molecule has 2 aromatic rings. The summed E-state index contributed by atoms with van der Waals surface area (Å²) < 4.78 is 33.1. The van der Waals surface area contributed by atoms with Gasteiger partial charge in [-0.25, -0.2) is 13.2 Å². The minimum Gasteiger partial charge on any atom is -0.463 e. The van der Waals surface area contributed by atoms with E-state index in [-0.39, 0.29) is 35.7 Å². The Hall–Kier alpha value is -3.55. The maximum absolute atomic E-state index is 13.4. The summed E-state index contributed by atoms with van der Waals surface area (Å²) in [6.45, 7) is 1.61. The fraction of sp³-hybridized carbons (Fsp3) is 0.238. The molecule has 1 atom stereocenters. The predicted octanol–water partition coefficient (Wildman–Crippen LogP) is 3.09. The summed E-state index contributed by atoms with van der Waals surface area (Å²) in [6, 6.07) is 12.5. The number of benzene rings is 2. The average Bonchev–Trinajstić information content (AvgIpc) is 2.79. The minimum atomic E-state index is -4.10. The highest BCUT2D eigenvalue weighted by Gasteiger charge is 2.37. The molecule has 0 saturated heterocycles. The van der Waals surface area contributed by atoms with Crippen LogP contribution in [0.25, 0.3) is 0 Å². The zero-order valence-corrected chi connectivity index (χ0v) is 17.4. The highest BCUT2D eigenvalue weighted by Crippen LogP contribution is 2.35. The SMILES string of the molecule is CCOC(=O)C1=CC[C@H](c2ccc(C#N)cc2)N(S(=O)(=O)c2ccc([N+](=O)[O-])cc2)C1. The Morgan fingerprint density at radius 3 is 2.42 bits per heavy atom. The van der Waals surface area contributed by atoms with Gasteiger partial charge >= 0.3 is 5.97 Å². The van der Waals surface area contributed by atoms with E-state index in [0.29, 0.717) is 11.1 Å². The standard InChI is InChI=1S/C21H19N3O6S/c1-2-30-21(25)17-7-12-20(16-5-3-15(13-22)4-6-16)23(14-17)31(28,29)19-10-8-18(9-11-19)24(26)27/h3-11,20H,2,12,14H2,1H3/t20-/m1/s1. The van der Waals surface area contributed by atoms with Crippen molar-refractivity contribution in [3.05, 3.63) is 81.4 Å². The number of carbonyl (C=O) groups excluding carboxylic acids is 1. The van der Waals surface area contributed by atoms with Gasteiger partial charge in [0.15, 0.2) is 0 Å². The summed E-state index contributed by atoms with van der Waals surface area (Å²) in [5, 5.41) is 19.9. The topological polar surface area (TPSA) is 131 Å². The van der Waals surface area contributed by atoms with E-state index < -0.39 is 27.0 Å². The lowest BCUT2D eigenvalue weighted by molar-refractivity contribution is -0.384. The summed E-state index contributed by atoms with van der Waals surface area (Å²) in [5.41, 5.74) is 1.08. The number of nitriles is 1. The summed E-state index contributed by atoms with van der Waals surface area (Å²) in [6.07, 6.45) is 1.88. The monoisotopic (exact) mass is 441 g/mol. The van der Waals surface area contributed by atoms with Crippen LogP contribution in [0.5, 0.6) is 0 Å². The first-order valence-corrected chi connectivity index (χ1v) is 10.8. The van der Waals surface area contributed by atoms with Crippen LogP contribution in [0.4, 0.5) is 5.69 Å². The molecule has 2 aromatic carbocycles. The lowest BCUT2D eigenvalue weighted by atomic mass is 9.97. The highest BCUT2D eigenvalue weighted by atomic mass is 32.2. The van der Waals surface area contributed by atoms with E-state index in [1.807, 2.05) is 6.07 Å². The number of rotatable bonds is 6. The van der Waals surface area contributed by atoms with Gasteiger partial charge < -0.3 is 4.74 Å². The van der Waals surface area contributed by atoms with Gasteiger partial charge in [-0.3, -0.25) is 10.1 Å². The normalized spacial score (nSPS) is 16.8. The van der Waals surface area contributed by atoms with Crippen molar-refractivity contribution < 1.29 is 22.9 Å². The molecule has 0 aliphatic carbocycles. The summed E-state index contributed by atoms with van der Waals surface area (Å²) >= 11 is 0. The summed E-state index contributed by atoms with van der Waals surface area (Å²) in [7, 11) is -4.10. The Balaban J connectivity index is 2.03. The van der Waals surface area contributed by atoms with Gasteiger partial charge in [-0.1, -0.05) is 18.2 Å². The van der Waals surface area contributed by atoms with Crippen LogP contribution in [0.3, 0.4) is 0 Å². The van der Waals surface area contributed by atoms with Gasteiger partial charge in [-0.2, -0.15) is 9.57 Å². The zero-order valence-electron chi connectivity index (χ0n) is 16.6. The second-order valence-corrected chi connectivity index (χ2v) is 8.63. The maximum Gasteiger partial charge on any atom is 0.335 e. The van der Waals surface area contributed by atoms with Crippen molar-refractivity contribution in [1.29, 1.82) is 5.26 Å². The van der Waals surface area contributed by atoms with Crippen molar-refractivity contribution in [1.82, 2.24) is 4.31 Å². The summed E-state index contributed by atoms with van der Waals surface area (Å²) in [4.78, 5) is 22.4. The van der Waals surface area contributed by atoms with Crippen LogP contribution in [-0.4, -0.2) is 36.8 Å². The van der Waals surface area contributed by atoms with Crippen molar-refractivity contribution >= 4 is 21.7 Å². The van der Waals surface area contributed by atoms with Gasteiger partial charge in [-0.15, -0.1) is 0 Å². The number of non-ortho nitro benzene ring substituents is 1. The van der Waals surface area contributed by atoms with Crippen LogP contribution >= 0.6 is 0 Å². The van der Waals surface area contributed by atoms with E-state index >= 15 is 0 Å². The number of nitrogens with zero attached hydrogens (tertiary/aromatic N) is 3. The number of sulfonamides is 1. The largest absolute Gasteiger partial charge is 0.463 e. The lowest BCUT2D eigenvalue weighted by Gasteiger charge is -2.34. The Labute approximate surface area is 179 Å². The molecular formula is C21H19N3O6S. The molecular weight excluding hydrogens is 422 g/mol. The molecule has 0 amide bonds. The fourth-order valence-electron chi connectivity index (χ4n) is 3.30. The van der Waals surface area contributed by atoms with Gasteiger partial charge in [0, 0.05) is 24.3 Å². The molecule has 0 fully saturated rings. The smallest absolute Gasteiger partial charge is 0.335 e. The molecule has 0 aromatic heterocycles. The third kappa shape index (κ3) is 4.63. The Morgan fingerprint density at radius 1 is 1.23 bits per heavy atom. The molecule has 0 spiro atoms. The first kappa shape index (κ1) is 22.1. The Bertz CT molecular complexity index is 1170. The van der Waals surface area contributed by atoms with Gasteiger partial charge in [-0.05, 0) is 43.2 Å². The number of carbonyl (C=O) groups is 1. The van der Waals surface area contributed by atoms with Crippen LogP contribution in [-0.2, 0) is 19.6 Å². The van der Waals surface area contributed by atoms with Crippen LogP contribution in [0.1, 0.15) is 30.5 Å². The average molecular weight is 441 g/mol.